The van der Waals surface area contributed by atoms with Gasteiger partial charge in [0, 0.05) is 17.3 Å². The van der Waals surface area contributed by atoms with Gasteiger partial charge in [-0.05, 0) is 67.9 Å². The molecule has 7 nitrogen and oxygen atoms in total. The Hall–Kier alpha value is -3.13. The lowest BCUT2D eigenvalue weighted by molar-refractivity contribution is -0.114. The number of carbonyl (C=O) groups is 1. The van der Waals surface area contributed by atoms with Crippen LogP contribution in [0, 0.1) is 32.1 Å². The Bertz CT molecular complexity index is 1200. The van der Waals surface area contributed by atoms with E-state index in [2.05, 4.69) is 20.7 Å². The summed E-state index contributed by atoms with van der Waals surface area (Å²) in [5.41, 5.74) is 5.10. The number of nitrogens with one attached hydrogen (secondary N) is 1. The molecule has 2 aliphatic heterocycles. The molecule has 0 atom stereocenters. The molecule has 3 heterocycles. The van der Waals surface area contributed by atoms with Crippen molar-refractivity contribution >= 4 is 39.8 Å². The molecule has 0 aliphatic carbocycles. The van der Waals surface area contributed by atoms with E-state index in [9.17, 15) is 4.79 Å². The summed E-state index contributed by atoms with van der Waals surface area (Å²) in [5, 5.41) is 15.8. The molecule has 0 spiro atoms. The third-order valence-corrected chi connectivity index (χ3v) is 6.52. The van der Waals surface area contributed by atoms with Crippen molar-refractivity contribution < 1.29 is 9.53 Å². The van der Waals surface area contributed by atoms with Crippen LogP contribution in [0.1, 0.15) is 36.4 Å². The average Bonchev–Trinajstić information content (AvgIpc) is 3.26. The Morgan fingerprint density at radius 2 is 1.94 bits per heavy atom. The van der Waals surface area contributed by atoms with Crippen LogP contribution in [0.3, 0.4) is 0 Å². The highest BCUT2D eigenvalue weighted by molar-refractivity contribution is 8.27. The molecule has 0 fully saturated rings. The van der Waals surface area contributed by atoms with Gasteiger partial charge in [-0.15, -0.1) is 0 Å². The third kappa shape index (κ3) is 3.61. The molecule has 2 aliphatic rings. The summed E-state index contributed by atoms with van der Waals surface area (Å²) < 4.78 is 7.67. The van der Waals surface area contributed by atoms with Crippen molar-refractivity contribution in [1.82, 2.24) is 9.58 Å². The number of carbonyl (C=O) groups excluding carboxylic acids is 1. The van der Waals surface area contributed by atoms with E-state index in [1.807, 2.05) is 52.8 Å². The second-order valence-corrected chi connectivity index (χ2v) is 8.94. The smallest absolute Gasteiger partial charge is 0.283 e. The second kappa shape index (κ2) is 7.85. The van der Waals surface area contributed by atoms with E-state index < -0.39 is 5.91 Å². The number of fused-ring (bicyclic) bond motifs is 1. The van der Waals surface area contributed by atoms with Gasteiger partial charge in [0.1, 0.15) is 10.8 Å². The maximum absolute atomic E-state index is 12.7. The lowest BCUT2D eigenvalue weighted by atomic mass is 10.1. The van der Waals surface area contributed by atoms with Gasteiger partial charge in [-0.1, -0.05) is 19.9 Å². The number of hydrogen-bond donors (Lipinski definition) is 1. The van der Waals surface area contributed by atoms with Crippen LogP contribution in [-0.4, -0.2) is 38.6 Å². The number of hydrazone groups is 1. The molecule has 0 saturated heterocycles. The lowest BCUT2D eigenvalue weighted by Gasteiger charge is -2.20. The molecule has 1 aromatic heterocycles. The molecule has 31 heavy (non-hydrogen) atoms. The van der Waals surface area contributed by atoms with E-state index in [4.69, 9.17) is 10.1 Å². The number of amides is 1. The summed E-state index contributed by atoms with van der Waals surface area (Å²) >= 11 is 1.35. The molecule has 0 bridgehead atoms. The first-order chi connectivity index (χ1) is 14.7. The number of benzene rings is 1. The monoisotopic (exact) mass is 435 g/mol. The minimum atomic E-state index is -0.415. The number of aryl methyl sites for hydroxylation is 2. The number of thioether (sulfide) groups is 1. The molecule has 8 heteroatoms. The number of aromatic nitrogens is 1. The quantitative estimate of drug-likeness (QED) is 0.707. The maximum atomic E-state index is 12.7. The molecular formula is C23H25N5O2S. The minimum absolute atomic E-state index is 0.0519. The van der Waals surface area contributed by atoms with Crippen molar-refractivity contribution in [2.24, 2.45) is 16.0 Å². The van der Waals surface area contributed by atoms with Gasteiger partial charge in [0.15, 0.2) is 5.84 Å². The van der Waals surface area contributed by atoms with Crippen molar-refractivity contribution in [3.8, 4) is 11.4 Å². The van der Waals surface area contributed by atoms with Gasteiger partial charge in [0.2, 0.25) is 5.17 Å². The summed E-state index contributed by atoms with van der Waals surface area (Å²) in [5.74, 6) is 0.613. The Morgan fingerprint density at radius 3 is 2.61 bits per heavy atom. The predicted molar refractivity (Wildman–Crippen MR) is 126 cm³/mol. The van der Waals surface area contributed by atoms with E-state index in [0.717, 1.165) is 39.0 Å². The zero-order valence-electron chi connectivity index (χ0n) is 18.5. The molecule has 0 radical (unpaired) electrons. The molecule has 160 valence electrons. The van der Waals surface area contributed by atoms with Crippen molar-refractivity contribution in [2.45, 2.75) is 34.6 Å². The van der Waals surface area contributed by atoms with Crippen LogP contribution in [0.4, 0.5) is 0 Å². The lowest BCUT2D eigenvalue weighted by Crippen LogP contribution is -2.35. The summed E-state index contributed by atoms with van der Waals surface area (Å²) in [7, 11) is 1.66. The number of aliphatic imine (C=N–C) groups is 1. The van der Waals surface area contributed by atoms with E-state index >= 15 is 0 Å². The predicted octanol–water partition coefficient (Wildman–Crippen LogP) is 4.69. The normalized spacial score (nSPS) is 17.4. The SMILES string of the molecule is COc1ccc(C)cc1-n1c(C)cc(C=C2C(=N)N3N=C(C(C)C)SC3=NC2=O)c1C. The van der Waals surface area contributed by atoms with Crippen molar-refractivity contribution in [1.29, 1.82) is 5.41 Å². The average molecular weight is 436 g/mol. The Balaban J connectivity index is 1.78. The van der Waals surface area contributed by atoms with E-state index in [1.54, 1.807) is 13.2 Å². The Labute approximate surface area is 186 Å². The van der Waals surface area contributed by atoms with Crippen LogP contribution < -0.4 is 4.74 Å². The first kappa shape index (κ1) is 21.1. The molecule has 0 saturated carbocycles. The first-order valence-corrected chi connectivity index (χ1v) is 10.9. The third-order valence-electron chi connectivity index (χ3n) is 5.31. The molecule has 1 aromatic carbocycles. The van der Waals surface area contributed by atoms with Crippen LogP contribution >= 0.6 is 11.8 Å². The summed E-state index contributed by atoms with van der Waals surface area (Å²) in [6, 6.07) is 8.04. The van der Waals surface area contributed by atoms with Gasteiger partial charge in [0.05, 0.1) is 18.4 Å². The Morgan fingerprint density at radius 1 is 1.19 bits per heavy atom. The van der Waals surface area contributed by atoms with Crippen molar-refractivity contribution in [3.63, 3.8) is 0 Å². The fourth-order valence-corrected chi connectivity index (χ4v) is 4.57. The standard InChI is InChI=1S/C23H25N5O2S/c1-12(2)22-26-28-20(24)17(21(29)25-23(28)31-22)11-16-10-14(4)27(15(16)5)18-9-13(3)7-8-19(18)30-6/h7-12,24H,1-6H3. The highest BCUT2D eigenvalue weighted by Crippen LogP contribution is 2.33. The highest BCUT2D eigenvalue weighted by Gasteiger charge is 2.36. The fraction of sp³-hybridized carbons (Fsp3) is 0.304. The zero-order valence-corrected chi connectivity index (χ0v) is 19.3. The number of amidine groups is 2. The summed E-state index contributed by atoms with van der Waals surface area (Å²) in [6.07, 6.45) is 1.74. The highest BCUT2D eigenvalue weighted by atomic mass is 32.2. The van der Waals surface area contributed by atoms with Gasteiger partial charge in [0.25, 0.3) is 5.91 Å². The van der Waals surface area contributed by atoms with Crippen molar-refractivity contribution in [3.05, 3.63) is 52.4 Å². The first-order valence-electron chi connectivity index (χ1n) is 10.0. The largest absolute Gasteiger partial charge is 0.495 e. The van der Waals surface area contributed by atoms with Gasteiger partial charge in [-0.2, -0.15) is 15.1 Å². The fourth-order valence-electron chi connectivity index (χ4n) is 3.67. The van der Waals surface area contributed by atoms with Crippen LogP contribution in [0.2, 0.25) is 0 Å². The molecule has 2 aromatic rings. The number of nitrogens with zero attached hydrogens (tertiary/aromatic N) is 4. The van der Waals surface area contributed by atoms with E-state index in [1.165, 1.54) is 16.8 Å². The summed E-state index contributed by atoms with van der Waals surface area (Å²) in [4.78, 5) is 16.9. The van der Waals surface area contributed by atoms with Crippen LogP contribution in [0.5, 0.6) is 5.75 Å². The molecule has 0 unspecified atom stereocenters. The number of hydrogen-bond acceptors (Lipinski definition) is 5. The van der Waals surface area contributed by atoms with Gasteiger partial charge >= 0.3 is 0 Å². The van der Waals surface area contributed by atoms with Gasteiger partial charge in [-0.25, -0.2) is 0 Å². The topological polar surface area (TPSA) is 83.0 Å². The molecule has 4 rings (SSSR count). The summed E-state index contributed by atoms with van der Waals surface area (Å²) in [6.45, 7) is 10.1. The van der Waals surface area contributed by atoms with Gasteiger partial charge < -0.3 is 9.30 Å². The van der Waals surface area contributed by atoms with E-state index in [0.29, 0.717) is 5.17 Å². The molecule has 1 amide bonds. The van der Waals surface area contributed by atoms with Crippen LogP contribution in [0.25, 0.3) is 11.8 Å². The maximum Gasteiger partial charge on any atom is 0.283 e. The molecular weight excluding hydrogens is 410 g/mol. The van der Waals surface area contributed by atoms with Crippen LogP contribution in [0.15, 0.2) is 39.9 Å². The van der Waals surface area contributed by atoms with Crippen molar-refractivity contribution in [2.75, 3.05) is 7.11 Å². The minimum Gasteiger partial charge on any atom is -0.495 e. The second-order valence-electron chi connectivity index (χ2n) is 7.95. The number of rotatable bonds is 4. The number of methoxy groups -OCH3 is 1. The Kier molecular flexibility index (Phi) is 5.35. The molecule has 1 N–H and O–H groups in total. The van der Waals surface area contributed by atoms with Crippen LogP contribution in [-0.2, 0) is 4.79 Å². The number of ether oxygens (including phenoxy) is 1. The van der Waals surface area contributed by atoms with Gasteiger partial charge in [-0.3, -0.25) is 10.2 Å². The van der Waals surface area contributed by atoms with E-state index in [-0.39, 0.29) is 17.3 Å². The zero-order chi connectivity index (χ0) is 22.4.